The fraction of sp³-hybridized carbons (Fsp3) is 0.273. The van der Waals surface area contributed by atoms with Gasteiger partial charge in [0.15, 0.2) is 5.78 Å². The van der Waals surface area contributed by atoms with E-state index >= 15 is 0 Å². The zero-order valence-electron chi connectivity index (χ0n) is 8.84. The lowest BCUT2D eigenvalue weighted by Gasteiger charge is -1.94. The molecule has 1 rings (SSSR count). The van der Waals surface area contributed by atoms with Crippen LogP contribution in [-0.4, -0.2) is 17.3 Å². The van der Waals surface area contributed by atoms with Crippen molar-refractivity contribution in [3.63, 3.8) is 0 Å². The second-order valence-electron chi connectivity index (χ2n) is 3.02. The van der Waals surface area contributed by atoms with E-state index in [9.17, 15) is 4.79 Å². The number of carbonyl (C=O) groups excluding carboxylic acids is 1. The number of aromatic nitrogens is 1. The highest BCUT2D eigenvalue weighted by Gasteiger charge is 1.98. The quantitative estimate of drug-likeness (QED) is 0.193. The Morgan fingerprint density at radius 3 is 3.12 bits per heavy atom. The van der Waals surface area contributed by atoms with Gasteiger partial charge in [-0.25, -0.2) is 0 Å². The highest BCUT2D eigenvalue weighted by atomic mass is 16.1. The van der Waals surface area contributed by atoms with E-state index in [1.807, 2.05) is 0 Å². The van der Waals surface area contributed by atoms with Crippen molar-refractivity contribution in [3.8, 4) is 11.8 Å². The Labute approximate surface area is 93.1 Å². The van der Waals surface area contributed by atoms with Gasteiger partial charge in [0.2, 0.25) is 0 Å². The number of hydrogen-bond acceptors (Lipinski definition) is 3. The van der Waals surface area contributed by atoms with Crippen LogP contribution in [0.2, 0.25) is 0 Å². The first-order chi connectivity index (χ1) is 7.74. The average molecular weight is 214 g/mol. The van der Waals surface area contributed by atoms with Gasteiger partial charge in [-0.1, -0.05) is 17.0 Å². The predicted octanol–water partition coefficient (Wildman–Crippen LogP) is 2.34. The molecule has 0 saturated carbocycles. The van der Waals surface area contributed by atoms with Crippen LogP contribution in [0.15, 0.2) is 23.6 Å². The number of pyridine rings is 1. The molecule has 0 atom stereocenters. The molecule has 5 heteroatoms. The molecule has 5 nitrogen and oxygen atoms in total. The highest BCUT2D eigenvalue weighted by Crippen LogP contribution is 2.02. The molecule has 16 heavy (non-hydrogen) atoms. The fourth-order valence-electron chi connectivity index (χ4n) is 1.02. The molecule has 0 aliphatic carbocycles. The highest BCUT2D eigenvalue weighted by molar-refractivity contribution is 5.93. The summed E-state index contributed by atoms with van der Waals surface area (Å²) < 4.78 is 0. The molecule has 80 valence electrons. The smallest absolute Gasteiger partial charge is 0.161 e. The van der Waals surface area contributed by atoms with Crippen molar-refractivity contribution in [2.24, 2.45) is 5.11 Å². The van der Waals surface area contributed by atoms with Crippen molar-refractivity contribution in [1.29, 1.82) is 0 Å². The maximum absolute atomic E-state index is 11.1. The van der Waals surface area contributed by atoms with Crippen molar-refractivity contribution in [2.45, 2.75) is 13.3 Å². The lowest BCUT2D eigenvalue weighted by Crippen LogP contribution is -1.93. The molecule has 0 unspecified atom stereocenters. The maximum Gasteiger partial charge on any atom is 0.161 e. The fourth-order valence-corrected chi connectivity index (χ4v) is 1.02. The van der Waals surface area contributed by atoms with Gasteiger partial charge in [-0.3, -0.25) is 9.78 Å². The molecular weight excluding hydrogens is 204 g/mol. The number of carbonyl (C=O) groups is 1. The first-order valence-electron chi connectivity index (χ1n) is 4.70. The summed E-state index contributed by atoms with van der Waals surface area (Å²) in [4.78, 5) is 17.6. The second kappa shape index (κ2) is 6.23. The summed E-state index contributed by atoms with van der Waals surface area (Å²) in [5.74, 6) is 5.65. The van der Waals surface area contributed by atoms with E-state index < -0.39 is 0 Å². The van der Waals surface area contributed by atoms with Gasteiger partial charge in [0.05, 0.1) is 0 Å². The molecule has 0 aliphatic rings. The van der Waals surface area contributed by atoms with Crippen LogP contribution in [0, 0.1) is 11.8 Å². The molecule has 0 amide bonds. The Morgan fingerprint density at radius 2 is 2.44 bits per heavy atom. The number of azide groups is 1. The minimum Gasteiger partial charge on any atom is -0.294 e. The maximum atomic E-state index is 11.1. The monoisotopic (exact) mass is 214 g/mol. The van der Waals surface area contributed by atoms with Crippen LogP contribution in [0.4, 0.5) is 0 Å². The summed E-state index contributed by atoms with van der Waals surface area (Å²) in [7, 11) is 0. The molecule has 0 saturated heterocycles. The molecule has 0 radical (unpaired) electrons. The van der Waals surface area contributed by atoms with Gasteiger partial charge in [0.1, 0.15) is 0 Å². The van der Waals surface area contributed by atoms with Crippen LogP contribution in [0.25, 0.3) is 10.4 Å². The molecular formula is C11H10N4O. The summed E-state index contributed by atoms with van der Waals surface area (Å²) in [6.07, 6.45) is 3.59. The number of ketones is 1. The molecule has 1 aromatic heterocycles. The van der Waals surface area contributed by atoms with Crippen molar-refractivity contribution in [1.82, 2.24) is 4.98 Å². The van der Waals surface area contributed by atoms with Crippen molar-refractivity contribution < 1.29 is 4.79 Å². The normalized spacial score (nSPS) is 8.56. The standard InChI is InChI=1S/C11H10N4O/c1-9(16)11-6-10(7-13-8-11)4-2-3-5-14-15-12/h6-8H,3,5H2,1H3. The molecule has 0 N–H and O–H groups in total. The number of rotatable bonds is 3. The van der Waals surface area contributed by atoms with E-state index in [4.69, 9.17) is 5.53 Å². The third-order valence-corrected chi connectivity index (χ3v) is 1.78. The van der Waals surface area contributed by atoms with E-state index in [-0.39, 0.29) is 5.78 Å². The lowest BCUT2D eigenvalue weighted by molar-refractivity contribution is 0.101. The van der Waals surface area contributed by atoms with E-state index in [1.54, 1.807) is 12.3 Å². The van der Waals surface area contributed by atoms with E-state index in [0.29, 0.717) is 24.1 Å². The summed E-state index contributed by atoms with van der Waals surface area (Å²) in [5, 5.41) is 3.36. The van der Waals surface area contributed by atoms with Crippen molar-refractivity contribution in [3.05, 3.63) is 40.0 Å². The van der Waals surface area contributed by atoms with Crippen LogP contribution in [0.3, 0.4) is 0 Å². The third kappa shape index (κ3) is 3.82. The van der Waals surface area contributed by atoms with Gasteiger partial charge in [-0.2, -0.15) is 0 Å². The summed E-state index contributed by atoms with van der Waals surface area (Å²) >= 11 is 0. The largest absolute Gasteiger partial charge is 0.294 e. The van der Waals surface area contributed by atoms with E-state index in [1.165, 1.54) is 13.1 Å². The Bertz CT molecular complexity index is 492. The van der Waals surface area contributed by atoms with Crippen molar-refractivity contribution >= 4 is 5.78 Å². The van der Waals surface area contributed by atoms with Crippen molar-refractivity contribution in [2.75, 3.05) is 6.54 Å². The van der Waals surface area contributed by atoms with Crippen LogP contribution in [0.5, 0.6) is 0 Å². The number of hydrogen-bond donors (Lipinski definition) is 0. The molecule has 0 aliphatic heterocycles. The zero-order chi connectivity index (χ0) is 11.8. The Balaban J connectivity index is 2.69. The second-order valence-corrected chi connectivity index (χ2v) is 3.02. The molecule has 0 spiro atoms. The average Bonchev–Trinajstić information content (AvgIpc) is 2.29. The van der Waals surface area contributed by atoms with Gasteiger partial charge in [-0.15, -0.1) is 0 Å². The van der Waals surface area contributed by atoms with Gasteiger partial charge in [0.25, 0.3) is 0 Å². The Morgan fingerprint density at radius 1 is 1.62 bits per heavy atom. The SMILES string of the molecule is CC(=O)c1cncc(C#CCCN=[N+]=[N-])c1. The van der Waals surface area contributed by atoms with Crippen LogP contribution in [-0.2, 0) is 0 Å². The molecule has 0 fully saturated rings. The van der Waals surface area contributed by atoms with Gasteiger partial charge in [-0.05, 0) is 18.5 Å². The third-order valence-electron chi connectivity index (χ3n) is 1.78. The van der Waals surface area contributed by atoms with E-state index in [0.717, 1.165) is 0 Å². The molecule has 0 aromatic carbocycles. The summed E-state index contributed by atoms with van der Waals surface area (Å²) in [6.45, 7) is 1.83. The van der Waals surface area contributed by atoms with Crippen LogP contribution in [0.1, 0.15) is 29.3 Å². The summed E-state index contributed by atoms with van der Waals surface area (Å²) in [6, 6.07) is 1.69. The van der Waals surface area contributed by atoms with Crippen LogP contribution < -0.4 is 0 Å². The summed E-state index contributed by atoms with van der Waals surface area (Å²) in [5.41, 5.74) is 9.27. The predicted molar refractivity (Wildman–Crippen MR) is 59.7 cm³/mol. The van der Waals surface area contributed by atoms with Gasteiger partial charge < -0.3 is 0 Å². The molecule has 1 heterocycles. The topological polar surface area (TPSA) is 78.7 Å². The first-order valence-corrected chi connectivity index (χ1v) is 4.70. The van der Waals surface area contributed by atoms with Crippen LogP contribution >= 0.6 is 0 Å². The zero-order valence-corrected chi connectivity index (χ0v) is 8.84. The minimum atomic E-state index is -0.0368. The van der Waals surface area contributed by atoms with E-state index in [2.05, 4.69) is 26.9 Å². The minimum absolute atomic E-state index is 0.0368. The Kier molecular flexibility index (Phi) is 4.58. The Hall–Kier alpha value is -2.31. The van der Waals surface area contributed by atoms with Gasteiger partial charge in [0, 0.05) is 41.4 Å². The number of Topliss-reactive ketones (excluding diaryl/α,β-unsaturated/α-hetero) is 1. The first kappa shape index (κ1) is 11.8. The van der Waals surface area contributed by atoms with Gasteiger partial charge >= 0.3 is 0 Å². The molecule has 1 aromatic rings. The molecule has 0 bridgehead atoms. The lowest BCUT2D eigenvalue weighted by atomic mass is 10.1. The number of nitrogens with zero attached hydrogens (tertiary/aromatic N) is 4.